The summed E-state index contributed by atoms with van der Waals surface area (Å²) in [5.74, 6) is 0.859. The fourth-order valence-electron chi connectivity index (χ4n) is 2.67. The average Bonchev–Trinajstić information content (AvgIpc) is 2.38. The van der Waals surface area contributed by atoms with Crippen molar-refractivity contribution in [3.8, 4) is 6.07 Å². The van der Waals surface area contributed by atoms with Crippen LogP contribution in [0.25, 0.3) is 0 Å². The summed E-state index contributed by atoms with van der Waals surface area (Å²) in [6, 6.07) is 2.72. The van der Waals surface area contributed by atoms with Gasteiger partial charge in [-0.1, -0.05) is 20.8 Å². The number of nitrogens with one attached hydrogen (secondary N) is 1. The lowest BCUT2D eigenvalue weighted by molar-refractivity contribution is -0.124. The summed E-state index contributed by atoms with van der Waals surface area (Å²) >= 11 is 0. The van der Waals surface area contributed by atoms with E-state index in [-0.39, 0.29) is 11.8 Å². The van der Waals surface area contributed by atoms with Gasteiger partial charge in [-0.05, 0) is 51.5 Å². The maximum atomic E-state index is 12.1. The Bertz CT molecular complexity index is 366. The van der Waals surface area contributed by atoms with Crippen LogP contribution in [0.15, 0.2) is 0 Å². The molecule has 20 heavy (non-hydrogen) atoms. The van der Waals surface area contributed by atoms with Crippen molar-refractivity contribution in [2.45, 2.75) is 65.0 Å². The molecule has 1 atom stereocenters. The number of rotatable bonds is 5. The van der Waals surface area contributed by atoms with Crippen molar-refractivity contribution in [3.05, 3.63) is 0 Å². The molecule has 4 nitrogen and oxygen atoms in total. The number of likely N-dealkylation sites (N-methyl/N-ethyl adjacent to an activating group) is 1. The van der Waals surface area contributed by atoms with Crippen molar-refractivity contribution in [1.82, 2.24) is 10.2 Å². The Labute approximate surface area is 123 Å². The zero-order valence-electron chi connectivity index (χ0n) is 13.6. The predicted octanol–water partition coefficient (Wildman–Crippen LogP) is 2.55. The second kappa shape index (κ2) is 7.08. The Morgan fingerprint density at radius 2 is 1.95 bits per heavy atom. The van der Waals surface area contributed by atoms with Gasteiger partial charge in [0.25, 0.3) is 0 Å². The van der Waals surface area contributed by atoms with Gasteiger partial charge in [0.15, 0.2) is 0 Å². The molecule has 0 aromatic heterocycles. The molecule has 114 valence electrons. The van der Waals surface area contributed by atoms with Gasteiger partial charge in [0.05, 0.1) is 12.6 Å². The van der Waals surface area contributed by atoms with Crippen molar-refractivity contribution in [1.29, 1.82) is 5.26 Å². The largest absolute Gasteiger partial charge is 0.337 e. The summed E-state index contributed by atoms with van der Waals surface area (Å²) < 4.78 is 0. The van der Waals surface area contributed by atoms with Crippen LogP contribution in [0.1, 0.15) is 53.4 Å². The molecule has 0 heterocycles. The molecule has 1 rings (SSSR count). The van der Waals surface area contributed by atoms with Crippen LogP contribution in [0.2, 0.25) is 0 Å². The van der Waals surface area contributed by atoms with Gasteiger partial charge >= 0.3 is 0 Å². The number of nitrogens with zero attached hydrogens (tertiary/aromatic N) is 2. The molecule has 0 saturated heterocycles. The highest BCUT2D eigenvalue weighted by Gasteiger charge is 2.31. The standard InChI is InChI=1S/C16H29N3O/c1-12(2)16(4,11-17)18-15(20)10-19(5)14-8-6-13(3)7-9-14/h12-14H,6-10H2,1-5H3,(H,18,20). The van der Waals surface area contributed by atoms with Crippen LogP contribution in [-0.4, -0.2) is 36.0 Å². The zero-order chi connectivity index (χ0) is 15.3. The predicted molar refractivity (Wildman–Crippen MR) is 81.0 cm³/mol. The lowest BCUT2D eigenvalue weighted by atomic mass is 9.86. The van der Waals surface area contributed by atoms with Gasteiger partial charge in [-0.25, -0.2) is 0 Å². The van der Waals surface area contributed by atoms with Crippen molar-refractivity contribution < 1.29 is 4.79 Å². The molecule has 0 radical (unpaired) electrons. The van der Waals surface area contributed by atoms with Gasteiger partial charge < -0.3 is 5.32 Å². The molecule has 1 unspecified atom stereocenters. The van der Waals surface area contributed by atoms with E-state index in [1.807, 2.05) is 20.9 Å². The van der Waals surface area contributed by atoms with E-state index in [9.17, 15) is 10.1 Å². The fraction of sp³-hybridized carbons (Fsp3) is 0.875. The van der Waals surface area contributed by atoms with E-state index >= 15 is 0 Å². The van der Waals surface area contributed by atoms with Crippen LogP contribution in [-0.2, 0) is 4.79 Å². The van der Waals surface area contributed by atoms with Crippen LogP contribution in [0.5, 0.6) is 0 Å². The number of carbonyl (C=O) groups is 1. The van der Waals surface area contributed by atoms with Crippen LogP contribution in [0, 0.1) is 23.2 Å². The first-order chi connectivity index (χ1) is 9.28. The highest BCUT2D eigenvalue weighted by molar-refractivity contribution is 5.79. The molecule has 0 aromatic rings. The molecular weight excluding hydrogens is 250 g/mol. The summed E-state index contributed by atoms with van der Waals surface area (Å²) in [5, 5.41) is 12.1. The first kappa shape index (κ1) is 17.0. The first-order valence-corrected chi connectivity index (χ1v) is 7.71. The Morgan fingerprint density at radius 1 is 1.40 bits per heavy atom. The molecule has 0 aliphatic heterocycles. The van der Waals surface area contributed by atoms with E-state index in [0.29, 0.717) is 12.6 Å². The summed E-state index contributed by atoms with van der Waals surface area (Å²) in [4.78, 5) is 14.3. The number of hydrogen-bond donors (Lipinski definition) is 1. The van der Waals surface area contributed by atoms with Gasteiger partial charge in [-0.2, -0.15) is 5.26 Å². The normalized spacial score (nSPS) is 26.1. The van der Waals surface area contributed by atoms with E-state index in [0.717, 1.165) is 5.92 Å². The van der Waals surface area contributed by atoms with Gasteiger partial charge in [0.1, 0.15) is 5.54 Å². The Morgan fingerprint density at radius 3 is 2.40 bits per heavy atom. The number of carbonyl (C=O) groups excluding carboxylic acids is 1. The Hall–Kier alpha value is -1.08. The number of amides is 1. The minimum atomic E-state index is -0.779. The monoisotopic (exact) mass is 279 g/mol. The Kier molecular flexibility index (Phi) is 6.01. The molecule has 1 fully saturated rings. The molecule has 1 aliphatic rings. The lowest BCUT2D eigenvalue weighted by Gasteiger charge is -2.34. The number of nitriles is 1. The van der Waals surface area contributed by atoms with E-state index in [1.54, 1.807) is 6.92 Å². The second-order valence-electron chi connectivity index (χ2n) is 6.85. The van der Waals surface area contributed by atoms with Gasteiger partial charge in [0, 0.05) is 6.04 Å². The second-order valence-corrected chi connectivity index (χ2v) is 6.85. The third-order valence-electron chi connectivity index (χ3n) is 4.79. The first-order valence-electron chi connectivity index (χ1n) is 7.71. The van der Waals surface area contributed by atoms with Crippen LogP contribution in [0.3, 0.4) is 0 Å². The Balaban J connectivity index is 2.48. The van der Waals surface area contributed by atoms with Crippen molar-refractivity contribution in [3.63, 3.8) is 0 Å². The molecule has 1 saturated carbocycles. The minimum Gasteiger partial charge on any atom is -0.337 e. The molecule has 1 amide bonds. The van der Waals surface area contributed by atoms with Crippen LogP contribution < -0.4 is 5.32 Å². The fourth-order valence-corrected chi connectivity index (χ4v) is 2.67. The zero-order valence-corrected chi connectivity index (χ0v) is 13.6. The summed E-state index contributed by atoms with van der Waals surface area (Å²) in [6.07, 6.45) is 4.84. The molecular formula is C16H29N3O. The lowest BCUT2D eigenvalue weighted by Crippen LogP contribution is -2.52. The van der Waals surface area contributed by atoms with E-state index < -0.39 is 5.54 Å². The smallest absolute Gasteiger partial charge is 0.235 e. The third-order valence-corrected chi connectivity index (χ3v) is 4.79. The van der Waals surface area contributed by atoms with Crippen molar-refractivity contribution in [2.24, 2.45) is 11.8 Å². The average molecular weight is 279 g/mol. The third kappa shape index (κ3) is 4.49. The maximum absolute atomic E-state index is 12.1. The summed E-state index contributed by atoms with van der Waals surface area (Å²) in [6.45, 7) is 8.37. The highest BCUT2D eigenvalue weighted by Crippen LogP contribution is 2.26. The van der Waals surface area contributed by atoms with Gasteiger partial charge in [0.2, 0.25) is 5.91 Å². The molecule has 1 N–H and O–H groups in total. The maximum Gasteiger partial charge on any atom is 0.235 e. The van der Waals surface area contributed by atoms with Crippen molar-refractivity contribution in [2.75, 3.05) is 13.6 Å². The molecule has 0 bridgehead atoms. The van der Waals surface area contributed by atoms with Crippen LogP contribution >= 0.6 is 0 Å². The quantitative estimate of drug-likeness (QED) is 0.841. The highest BCUT2D eigenvalue weighted by atomic mass is 16.2. The van der Waals surface area contributed by atoms with Gasteiger partial charge in [-0.15, -0.1) is 0 Å². The topological polar surface area (TPSA) is 56.1 Å². The summed E-state index contributed by atoms with van der Waals surface area (Å²) in [7, 11) is 2.01. The van der Waals surface area contributed by atoms with Crippen molar-refractivity contribution >= 4 is 5.91 Å². The summed E-state index contributed by atoms with van der Waals surface area (Å²) in [5.41, 5.74) is -0.779. The molecule has 4 heteroatoms. The molecule has 0 aromatic carbocycles. The minimum absolute atomic E-state index is 0.0520. The van der Waals surface area contributed by atoms with E-state index in [4.69, 9.17) is 0 Å². The number of hydrogen-bond acceptors (Lipinski definition) is 3. The molecule has 0 spiro atoms. The van der Waals surface area contributed by atoms with Gasteiger partial charge in [-0.3, -0.25) is 9.69 Å². The molecule has 1 aliphatic carbocycles. The van der Waals surface area contributed by atoms with Crippen LogP contribution in [0.4, 0.5) is 0 Å². The SMILES string of the molecule is CC1CCC(N(C)CC(=O)NC(C)(C#N)C(C)C)CC1. The van der Waals surface area contributed by atoms with E-state index in [2.05, 4.69) is 23.2 Å². The van der Waals surface area contributed by atoms with E-state index in [1.165, 1.54) is 25.7 Å².